The summed E-state index contributed by atoms with van der Waals surface area (Å²) in [6, 6.07) is 14.8. The summed E-state index contributed by atoms with van der Waals surface area (Å²) in [5.41, 5.74) is 4.06. The number of sulfonamides is 1. The van der Waals surface area contributed by atoms with Crippen LogP contribution in [-0.4, -0.2) is 36.4 Å². The number of hydrazone groups is 1. The lowest BCUT2D eigenvalue weighted by Gasteiger charge is -2.23. The summed E-state index contributed by atoms with van der Waals surface area (Å²) in [5, 5.41) is 5.61. The van der Waals surface area contributed by atoms with Gasteiger partial charge < -0.3 is 4.74 Å². The van der Waals surface area contributed by atoms with E-state index < -0.39 is 16.1 Å². The minimum absolute atomic E-state index is 0.0516. The van der Waals surface area contributed by atoms with Crippen molar-refractivity contribution in [1.29, 1.82) is 0 Å². The maximum atomic E-state index is 12.8. The summed E-state index contributed by atoms with van der Waals surface area (Å²) in [6.07, 6.45) is 0.422. The van der Waals surface area contributed by atoms with Gasteiger partial charge in [0.05, 0.1) is 30.1 Å². The number of hydrogen-bond donors (Lipinski definition) is 0. The molecule has 1 aliphatic heterocycles. The van der Waals surface area contributed by atoms with Crippen molar-refractivity contribution in [2.24, 2.45) is 5.10 Å². The zero-order valence-corrected chi connectivity index (χ0v) is 18.5. The van der Waals surface area contributed by atoms with Crippen molar-refractivity contribution < 1.29 is 13.2 Å². The second-order valence-electron chi connectivity index (χ2n) is 7.23. The summed E-state index contributed by atoms with van der Waals surface area (Å²) in [7, 11) is -2.00. The number of ether oxygens (including phenoxy) is 1. The molecule has 8 heteroatoms. The Morgan fingerprint density at radius 1 is 1.17 bits per heavy atom. The summed E-state index contributed by atoms with van der Waals surface area (Å²) >= 11 is 6.53. The van der Waals surface area contributed by atoms with Crippen LogP contribution >= 0.6 is 11.6 Å². The molecule has 0 amide bonds. The van der Waals surface area contributed by atoms with E-state index in [1.807, 2.05) is 49.4 Å². The SMILES string of the molecule is CCS(=O)(=O)N1N=C(c2ccc(C)cc2)C[C@@H]1c1cc2ccc(OC)cc2nc1Cl. The molecule has 30 heavy (non-hydrogen) atoms. The van der Waals surface area contributed by atoms with Gasteiger partial charge in [0.2, 0.25) is 10.0 Å². The van der Waals surface area contributed by atoms with Gasteiger partial charge in [-0.2, -0.15) is 9.52 Å². The molecule has 2 heterocycles. The van der Waals surface area contributed by atoms with Gasteiger partial charge in [0.1, 0.15) is 10.9 Å². The predicted molar refractivity (Wildman–Crippen MR) is 120 cm³/mol. The minimum atomic E-state index is -3.59. The minimum Gasteiger partial charge on any atom is -0.497 e. The lowest BCUT2D eigenvalue weighted by atomic mass is 9.98. The maximum Gasteiger partial charge on any atom is 0.250 e. The zero-order chi connectivity index (χ0) is 21.5. The fourth-order valence-electron chi connectivity index (χ4n) is 3.53. The molecule has 0 aliphatic carbocycles. The largest absolute Gasteiger partial charge is 0.497 e. The molecule has 0 fully saturated rings. The van der Waals surface area contributed by atoms with Gasteiger partial charge >= 0.3 is 0 Å². The van der Waals surface area contributed by atoms with Crippen LogP contribution in [0.25, 0.3) is 10.9 Å². The lowest BCUT2D eigenvalue weighted by Crippen LogP contribution is -2.28. The van der Waals surface area contributed by atoms with Crippen molar-refractivity contribution in [2.45, 2.75) is 26.3 Å². The number of benzene rings is 2. The van der Waals surface area contributed by atoms with E-state index in [1.54, 1.807) is 20.1 Å². The van der Waals surface area contributed by atoms with E-state index in [2.05, 4.69) is 10.1 Å². The van der Waals surface area contributed by atoms with Crippen molar-refractivity contribution in [1.82, 2.24) is 9.40 Å². The molecular formula is C22H22ClN3O3S. The highest BCUT2D eigenvalue weighted by Gasteiger charge is 2.37. The Balaban J connectivity index is 1.80. The number of aryl methyl sites for hydroxylation is 1. The van der Waals surface area contributed by atoms with Crippen LogP contribution in [0.2, 0.25) is 5.15 Å². The van der Waals surface area contributed by atoms with Crippen molar-refractivity contribution >= 4 is 38.2 Å². The van der Waals surface area contributed by atoms with E-state index in [9.17, 15) is 8.42 Å². The van der Waals surface area contributed by atoms with Crippen LogP contribution in [0.1, 0.15) is 36.1 Å². The van der Waals surface area contributed by atoms with Gasteiger partial charge in [-0.05, 0) is 37.6 Å². The third kappa shape index (κ3) is 3.75. The van der Waals surface area contributed by atoms with Gasteiger partial charge in [0, 0.05) is 23.4 Å². The molecule has 0 saturated heterocycles. The number of halogens is 1. The van der Waals surface area contributed by atoms with Gasteiger partial charge in [-0.3, -0.25) is 0 Å². The lowest BCUT2D eigenvalue weighted by molar-refractivity contribution is 0.372. The van der Waals surface area contributed by atoms with E-state index in [1.165, 1.54) is 4.41 Å². The third-order valence-electron chi connectivity index (χ3n) is 5.27. The smallest absolute Gasteiger partial charge is 0.250 e. The van der Waals surface area contributed by atoms with Crippen LogP contribution in [0.4, 0.5) is 0 Å². The first kappa shape index (κ1) is 20.6. The highest BCUT2D eigenvalue weighted by atomic mass is 35.5. The van der Waals surface area contributed by atoms with Crippen molar-refractivity contribution in [2.75, 3.05) is 12.9 Å². The number of aromatic nitrogens is 1. The molecule has 1 aliphatic rings. The van der Waals surface area contributed by atoms with Crippen LogP contribution in [0.3, 0.4) is 0 Å². The molecule has 0 saturated carbocycles. The molecule has 0 spiro atoms. The predicted octanol–water partition coefficient (Wildman–Crippen LogP) is 4.71. The van der Waals surface area contributed by atoms with Gasteiger partial charge in [0.25, 0.3) is 0 Å². The number of rotatable bonds is 5. The molecule has 1 atom stereocenters. The monoisotopic (exact) mass is 443 g/mol. The van der Waals surface area contributed by atoms with Crippen LogP contribution in [0, 0.1) is 6.92 Å². The van der Waals surface area contributed by atoms with E-state index in [0.717, 1.165) is 16.5 Å². The first-order valence-corrected chi connectivity index (χ1v) is 11.6. The fourth-order valence-corrected chi connectivity index (χ4v) is 4.86. The molecule has 3 aromatic rings. The summed E-state index contributed by atoms with van der Waals surface area (Å²) < 4.78 is 32.1. The normalized spacial score (nSPS) is 16.7. The van der Waals surface area contributed by atoms with Crippen molar-refractivity contribution in [3.05, 3.63) is 70.4 Å². The third-order valence-corrected chi connectivity index (χ3v) is 7.21. The first-order valence-electron chi connectivity index (χ1n) is 9.63. The number of hydrogen-bond acceptors (Lipinski definition) is 5. The zero-order valence-electron chi connectivity index (χ0n) is 17.0. The van der Waals surface area contributed by atoms with E-state index >= 15 is 0 Å². The van der Waals surface area contributed by atoms with Crippen molar-refractivity contribution in [3.8, 4) is 5.75 Å². The Morgan fingerprint density at radius 2 is 1.90 bits per heavy atom. The standard InChI is InChI=1S/C22H22ClN3O3S/c1-4-30(27,28)26-21(13-20(25-26)15-7-5-14(2)6-8-15)18-11-16-9-10-17(29-3)12-19(16)24-22(18)23/h5-12,21H,4,13H2,1-3H3/t21-/m1/s1. The molecule has 0 bridgehead atoms. The highest BCUT2D eigenvalue weighted by Crippen LogP contribution is 2.39. The van der Waals surface area contributed by atoms with Crippen LogP contribution in [0.5, 0.6) is 5.75 Å². The molecule has 0 radical (unpaired) electrons. The van der Waals surface area contributed by atoms with E-state index in [-0.39, 0.29) is 10.9 Å². The Morgan fingerprint density at radius 3 is 2.57 bits per heavy atom. The Hall–Kier alpha value is -2.64. The second kappa shape index (κ2) is 7.89. The van der Waals surface area contributed by atoms with Gasteiger partial charge in [0.15, 0.2) is 0 Å². The molecule has 2 aromatic carbocycles. The topological polar surface area (TPSA) is 71.9 Å². The Labute approximate surface area is 181 Å². The van der Waals surface area contributed by atoms with Gasteiger partial charge in [-0.25, -0.2) is 13.4 Å². The first-order chi connectivity index (χ1) is 14.3. The Kier molecular flexibility index (Phi) is 5.42. The van der Waals surface area contributed by atoms with Crippen LogP contribution < -0.4 is 4.74 Å². The van der Waals surface area contributed by atoms with Crippen LogP contribution in [-0.2, 0) is 10.0 Å². The molecule has 4 rings (SSSR count). The van der Waals surface area contributed by atoms with E-state index in [0.29, 0.717) is 29.0 Å². The molecule has 0 N–H and O–H groups in total. The molecule has 6 nitrogen and oxygen atoms in total. The average molecular weight is 444 g/mol. The summed E-state index contributed by atoms with van der Waals surface area (Å²) in [6.45, 7) is 3.62. The van der Waals surface area contributed by atoms with Crippen LogP contribution in [0.15, 0.2) is 53.6 Å². The summed E-state index contributed by atoms with van der Waals surface area (Å²) in [5.74, 6) is 0.629. The molecule has 1 aromatic heterocycles. The molecule has 0 unspecified atom stereocenters. The average Bonchev–Trinajstić information content (AvgIpc) is 3.19. The number of nitrogens with zero attached hydrogens (tertiary/aromatic N) is 3. The van der Waals surface area contributed by atoms with Gasteiger partial charge in [-0.15, -0.1) is 0 Å². The molecule has 156 valence electrons. The fraction of sp³-hybridized carbons (Fsp3) is 0.273. The highest BCUT2D eigenvalue weighted by molar-refractivity contribution is 7.89. The summed E-state index contributed by atoms with van der Waals surface area (Å²) in [4.78, 5) is 4.49. The Bertz CT molecular complexity index is 1240. The molecular weight excluding hydrogens is 422 g/mol. The number of pyridine rings is 1. The van der Waals surface area contributed by atoms with Crippen molar-refractivity contribution in [3.63, 3.8) is 0 Å². The number of methoxy groups -OCH3 is 1. The van der Waals surface area contributed by atoms with Gasteiger partial charge in [-0.1, -0.05) is 41.4 Å². The quantitative estimate of drug-likeness (QED) is 0.535. The second-order valence-corrected chi connectivity index (χ2v) is 9.71. The van der Waals surface area contributed by atoms with E-state index in [4.69, 9.17) is 16.3 Å². The number of fused-ring (bicyclic) bond motifs is 1. The maximum absolute atomic E-state index is 12.8.